The third-order valence-corrected chi connectivity index (χ3v) is 5.52. The van der Waals surface area contributed by atoms with E-state index in [9.17, 15) is 4.79 Å². The van der Waals surface area contributed by atoms with Crippen molar-refractivity contribution in [3.63, 3.8) is 0 Å². The SMILES string of the molecule is CC(C)[C@@H]1OCCC[C@@H]1Nc1ccnc(N[C@H]2CCN(c3cnn(C)c3)C2=O)n1. The number of anilines is 3. The Bertz CT molecular complexity index is 853. The first-order valence-electron chi connectivity index (χ1n) is 10.3. The number of carbonyl (C=O) groups excluding carboxylic acids is 1. The summed E-state index contributed by atoms with van der Waals surface area (Å²) in [5.74, 6) is 1.65. The van der Waals surface area contributed by atoms with Gasteiger partial charge in [0.2, 0.25) is 11.9 Å². The van der Waals surface area contributed by atoms with E-state index in [-0.39, 0.29) is 24.1 Å². The van der Waals surface area contributed by atoms with Crippen LogP contribution in [0.1, 0.15) is 33.1 Å². The third kappa shape index (κ3) is 4.34. The maximum absolute atomic E-state index is 12.8. The molecule has 4 rings (SSSR count). The third-order valence-electron chi connectivity index (χ3n) is 5.52. The van der Waals surface area contributed by atoms with Crippen LogP contribution in [-0.2, 0) is 16.6 Å². The van der Waals surface area contributed by atoms with Gasteiger partial charge in [-0.2, -0.15) is 10.1 Å². The summed E-state index contributed by atoms with van der Waals surface area (Å²) in [4.78, 5) is 23.4. The van der Waals surface area contributed by atoms with E-state index in [1.165, 1.54) is 0 Å². The average Bonchev–Trinajstić information content (AvgIpc) is 3.28. The average molecular weight is 399 g/mol. The molecule has 3 atom stereocenters. The topological polar surface area (TPSA) is 97.2 Å². The zero-order chi connectivity index (χ0) is 20.4. The number of aryl methyl sites for hydroxylation is 1. The highest BCUT2D eigenvalue weighted by Gasteiger charge is 2.34. The maximum Gasteiger partial charge on any atom is 0.249 e. The summed E-state index contributed by atoms with van der Waals surface area (Å²) in [6, 6.07) is 1.74. The van der Waals surface area contributed by atoms with Crippen molar-refractivity contribution in [3.8, 4) is 0 Å². The summed E-state index contributed by atoms with van der Waals surface area (Å²) in [6.45, 7) is 5.82. The molecule has 9 nitrogen and oxygen atoms in total. The number of nitrogens with zero attached hydrogens (tertiary/aromatic N) is 5. The molecule has 0 unspecified atom stereocenters. The van der Waals surface area contributed by atoms with Crippen LogP contribution in [0.3, 0.4) is 0 Å². The van der Waals surface area contributed by atoms with Crippen molar-refractivity contribution in [2.24, 2.45) is 13.0 Å². The van der Waals surface area contributed by atoms with Crippen molar-refractivity contribution in [1.82, 2.24) is 19.7 Å². The predicted molar refractivity (Wildman–Crippen MR) is 111 cm³/mol. The smallest absolute Gasteiger partial charge is 0.249 e. The molecule has 2 aromatic rings. The minimum absolute atomic E-state index is 0.0144. The fourth-order valence-electron chi connectivity index (χ4n) is 4.09. The van der Waals surface area contributed by atoms with E-state index in [0.29, 0.717) is 24.8 Å². The van der Waals surface area contributed by atoms with Crippen LogP contribution in [0.5, 0.6) is 0 Å². The lowest BCUT2D eigenvalue weighted by Gasteiger charge is -2.35. The molecular formula is C20H29N7O2. The van der Waals surface area contributed by atoms with Gasteiger partial charge in [0, 0.05) is 32.6 Å². The Morgan fingerprint density at radius 2 is 2.14 bits per heavy atom. The number of amides is 1. The maximum atomic E-state index is 12.8. The van der Waals surface area contributed by atoms with E-state index in [1.807, 2.05) is 19.3 Å². The first-order chi connectivity index (χ1) is 14.0. The lowest BCUT2D eigenvalue weighted by atomic mass is 9.94. The molecule has 0 aromatic carbocycles. The first kappa shape index (κ1) is 19.6. The number of ether oxygens (including phenoxy) is 1. The fourth-order valence-corrected chi connectivity index (χ4v) is 4.09. The van der Waals surface area contributed by atoms with Crippen LogP contribution in [0.2, 0.25) is 0 Å². The molecule has 29 heavy (non-hydrogen) atoms. The van der Waals surface area contributed by atoms with Gasteiger partial charge >= 0.3 is 0 Å². The van der Waals surface area contributed by atoms with Crippen LogP contribution in [0, 0.1) is 5.92 Å². The normalized spacial score (nSPS) is 24.9. The molecule has 2 saturated heterocycles. The second-order valence-electron chi connectivity index (χ2n) is 8.09. The minimum atomic E-state index is -0.341. The molecule has 2 aromatic heterocycles. The van der Waals surface area contributed by atoms with E-state index >= 15 is 0 Å². The molecule has 4 heterocycles. The second kappa shape index (κ2) is 8.36. The molecule has 2 aliphatic rings. The largest absolute Gasteiger partial charge is 0.376 e. The molecule has 156 valence electrons. The minimum Gasteiger partial charge on any atom is -0.376 e. The van der Waals surface area contributed by atoms with Crippen LogP contribution < -0.4 is 15.5 Å². The van der Waals surface area contributed by atoms with Crippen molar-refractivity contribution in [3.05, 3.63) is 24.7 Å². The molecule has 2 N–H and O–H groups in total. The number of aromatic nitrogens is 4. The molecule has 0 radical (unpaired) electrons. The Hall–Kier alpha value is -2.68. The molecule has 0 aliphatic carbocycles. The van der Waals surface area contributed by atoms with Crippen molar-refractivity contribution < 1.29 is 9.53 Å². The number of rotatable bonds is 6. The van der Waals surface area contributed by atoms with Crippen LogP contribution in [0.4, 0.5) is 17.5 Å². The molecule has 2 aliphatic heterocycles. The highest BCUT2D eigenvalue weighted by Crippen LogP contribution is 2.25. The molecule has 9 heteroatoms. The molecule has 2 fully saturated rings. The van der Waals surface area contributed by atoms with Crippen LogP contribution in [-0.4, -0.2) is 57.0 Å². The van der Waals surface area contributed by atoms with Crippen molar-refractivity contribution >= 4 is 23.4 Å². The summed E-state index contributed by atoms with van der Waals surface area (Å²) in [5, 5.41) is 10.8. The molecular weight excluding hydrogens is 370 g/mol. The number of hydrogen-bond acceptors (Lipinski definition) is 7. The van der Waals surface area contributed by atoms with E-state index < -0.39 is 0 Å². The van der Waals surface area contributed by atoms with Crippen LogP contribution >= 0.6 is 0 Å². The van der Waals surface area contributed by atoms with Crippen LogP contribution in [0.15, 0.2) is 24.7 Å². The lowest BCUT2D eigenvalue weighted by molar-refractivity contribution is -0.117. The van der Waals surface area contributed by atoms with Gasteiger partial charge < -0.3 is 20.3 Å². The van der Waals surface area contributed by atoms with Crippen molar-refractivity contribution in [1.29, 1.82) is 0 Å². The Balaban J connectivity index is 1.41. The molecule has 1 amide bonds. The van der Waals surface area contributed by atoms with Gasteiger partial charge in [0.1, 0.15) is 11.9 Å². The van der Waals surface area contributed by atoms with E-state index in [2.05, 4.69) is 39.5 Å². The van der Waals surface area contributed by atoms with Gasteiger partial charge in [0.05, 0.1) is 24.0 Å². The lowest BCUT2D eigenvalue weighted by Crippen LogP contribution is -2.43. The van der Waals surface area contributed by atoms with E-state index in [4.69, 9.17) is 4.74 Å². The molecule has 0 spiro atoms. The first-order valence-corrected chi connectivity index (χ1v) is 10.3. The van der Waals surface area contributed by atoms with Gasteiger partial charge in [-0.15, -0.1) is 0 Å². The number of carbonyl (C=O) groups is 1. The zero-order valence-electron chi connectivity index (χ0n) is 17.2. The van der Waals surface area contributed by atoms with Gasteiger partial charge in [-0.1, -0.05) is 13.8 Å². The number of nitrogens with one attached hydrogen (secondary N) is 2. The quantitative estimate of drug-likeness (QED) is 0.767. The fraction of sp³-hybridized carbons (Fsp3) is 0.600. The predicted octanol–water partition coefficient (Wildman–Crippen LogP) is 2.04. The van der Waals surface area contributed by atoms with Crippen LogP contribution in [0.25, 0.3) is 0 Å². The summed E-state index contributed by atoms with van der Waals surface area (Å²) >= 11 is 0. The summed E-state index contributed by atoms with van der Waals surface area (Å²) < 4.78 is 7.65. The Morgan fingerprint density at radius 1 is 1.28 bits per heavy atom. The standard InChI is InChI=1S/C20H29N7O2/c1-13(2)18-15(5-4-10-29-18)23-17-6-8-21-20(25-17)24-16-7-9-27(19(16)28)14-11-22-26(3)12-14/h6,8,11-13,15-16,18H,4-5,7,9-10H2,1-3H3,(H2,21,23,24,25)/t15-,16-,18-/m0/s1. The van der Waals surface area contributed by atoms with Crippen molar-refractivity contribution in [2.75, 3.05) is 28.7 Å². The van der Waals surface area contributed by atoms with Gasteiger partial charge in [-0.3, -0.25) is 9.48 Å². The monoisotopic (exact) mass is 399 g/mol. The molecule has 0 bridgehead atoms. The van der Waals surface area contributed by atoms with E-state index in [0.717, 1.165) is 31.0 Å². The highest BCUT2D eigenvalue weighted by molar-refractivity contribution is 6.00. The Kier molecular flexibility index (Phi) is 5.66. The summed E-state index contributed by atoms with van der Waals surface area (Å²) in [7, 11) is 1.84. The summed E-state index contributed by atoms with van der Waals surface area (Å²) in [5.41, 5.74) is 0.815. The Labute approximate surface area is 170 Å². The van der Waals surface area contributed by atoms with Gasteiger partial charge in [0.25, 0.3) is 0 Å². The zero-order valence-corrected chi connectivity index (χ0v) is 17.2. The van der Waals surface area contributed by atoms with Crippen molar-refractivity contribution in [2.45, 2.75) is 51.3 Å². The van der Waals surface area contributed by atoms with Gasteiger partial charge in [-0.05, 0) is 31.2 Å². The van der Waals surface area contributed by atoms with E-state index in [1.54, 1.807) is 22.0 Å². The molecule has 0 saturated carbocycles. The van der Waals surface area contributed by atoms with Gasteiger partial charge in [0.15, 0.2) is 0 Å². The Morgan fingerprint density at radius 3 is 2.90 bits per heavy atom. The summed E-state index contributed by atoms with van der Waals surface area (Å²) in [6.07, 6.45) is 8.22. The second-order valence-corrected chi connectivity index (χ2v) is 8.09. The van der Waals surface area contributed by atoms with Gasteiger partial charge in [-0.25, -0.2) is 4.98 Å². The number of hydrogen-bond donors (Lipinski definition) is 2. The highest BCUT2D eigenvalue weighted by atomic mass is 16.5.